The molecule has 1 saturated heterocycles. The number of anilines is 1. The molecular weight excluding hydrogens is 392 g/mol. The van der Waals surface area contributed by atoms with Crippen LogP contribution < -0.4 is 16.1 Å². The van der Waals surface area contributed by atoms with Crippen molar-refractivity contribution >= 4 is 34.2 Å². The second-order valence-electron chi connectivity index (χ2n) is 8.17. The fourth-order valence-corrected chi connectivity index (χ4v) is 4.84. The van der Waals surface area contributed by atoms with Crippen LogP contribution in [-0.4, -0.2) is 40.9 Å². The van der Waals surface area contributed by atoms with Crippen LogP contribution in [0.3, 0.4) is 0 Å². The number of alkyl halides is 1. The van der Waals surface area contributed by atoms with E-state index in [0.29, 0.717) is 13.1 Å². The monoisotopic (exact) mass is 409 g/mol. The van der Waals surface area contributed by atoms with Gasteiger partial charge in [-0.2, -0.15) is 0 Å². The van der Waals surface area contributed by atoms with Crippen molar-refractivity contribution in [2.45, 2.75) is 37.5 Å². The maximum absolute atomic E-state index is 15.0. The van der Waals surface area contributed by atoms with E-state index in [1.54, 1.807) is 4.90 Å². The topological polar surface area (TPSA) is 88.6 Å². The van der Waals surface area contributed by atoms with Gasteiger partial charge in [-0.15, -0.1) is 0 Å². The number of benzene rings is 1. The van der Waals surface area contributed by atoms with E-state index in [9.17, 15) is 19.1 Å². The number of carboxylic acid groups (broad SMARTS) is 1. The molecule has 28 heavy (non-hydrogen) atoms. The Bertz CT molecular complexity index is 1100. The molecule has 5 rings (SSSR count). The third-order valence-electron chi connectivity index (χ3n) is 6.37. The summed E-state index contributed by atoms with van der Waals surface area (Å²) in [6.07, 6.45) is 2.11. The zero-order valence-corrected chi connectivity index (χ0v) is 15.5. The highest BCUT2D eigenvalue weighted by Gasteiger charge is 2.54. The summed E-state index contributed by atoms with van der Waals surface area (Å²) in [6, 6.07) is 0.308. The van der Waals surface area contributed by atoms with Gasteiger partial charge in [-0.25, -0.2) is 13.6 Å². The lowest BCUT2D eigenvalue weighted by atomic mass is 10.0. The Hall–Kier alpha value is -2.19. The summed E-state index contributed by atoms with van der Waals surface area (Å²) in [4.78, 5) is 25.8. The van der Waals surface area contributed by atoms with Gasteiger partial charge in [0.1, 0.15) is 17.6 Å². The normalized spacial score (nSPS) is 27.6. The lowest BCUT2D eigenvalue weighted by Gasteiger charge is -2.23. The van der Waals surface area contributed by atoms with E-state index < -0.39 is 35.0 Å². The van der Waals surface area contributed by atoms with E-state index in [1.807, 2.05) is 0 Å². The van der Waals surface area contributed by atoms with Crippen molar-refractivity contribution in [2.75, 3.05) is 18.0 Å². The molecule has 3 atom stereocenters. The third-order valence-corrected chi connectivity index (χ3v) is 6.73. The smallest absolute Gasteiger partial charge is 0.341 e. The molecule has 1 aromatic heterocycles. The van der Waals surface area contributed by atoms with E-state index in [2.05, 4.69) is 0 Å². The van der Waals surface area contributed by atoms with Gasteiger partial charge in [0.25, 0.3) is 0 Å². The number of hydrogen-bond acceptors (Lipinski definition) is 4. The summed E-state index contributed by atoms with van der Waals surface area (Å²) in [6.45, 7) is 1.01. The maximum atomic E-state index is 15.0. The molecule has 1 aromatic carbocycles. The van der Waals surface area contributed by atoms with Gasteiger partial charge in [0.2, 0.25) is 5.43 Å². The van der Waals surface area contributed by atoms with Gasteiger partial charge in [0.05, 0.1) is 27.7 Å². The van der Waals surface area contributed by atoms with Crippen LogP contribution in [0.25, 0.3) is 10.9 Å². The van der Waals surface area contributed by atoms with Crippen molar-refractivity contribution in [3.63, 3.8) is 0 Å². The molecule has 2 heterocycles. The van der Waals surface area contributed by atoms with E-state index in [0.717, 1.165) is 25.1 Å². The molecule has 0 amide bonds. The lowest BCUT2D eigenvalue weighted by Crippen LogP contribution is -2.30. The van der Waals surface area contributed by atoms with Crippen LogP contribution in [-0.2, 0) is 0 Å². The molecule has 3 fully saturated rings. The van der Waals surface area contributed by atoms with Crippen molar-refractivity contribution in [3.05, 3.63) is 38.9 Å². The fraction of sp³-hybridized carbons (Fsp3) is 0.474. The Labute approximate surface area is 163 Å². The number of pyridine rings is 1. The number of carbonyl (C=O) groups is 1. The molecule has 3 aliphatic rings. The summed E-state index contributed by atoms with van der Waals surface area (Å²) in [5.41, 5.74) is 5.15. The molecule has 2 saturated carbocycles. The van der Waals surface area contributed by atoms with Gasteiger partial charge in [-0.05, 0) is 18.9 Å². The SMILES string of the molecule is N[C@H]1CN(c2c(F)cc3c(=O)c(C(=O)O)cn([C@H]4C[C@H]4F)c3c2Cl)CC12CC2. The first kappa shape index (κ1) is 17.9. The van der Waals surface area contributed by atoms with Crippen LogP contribution in [0.1, 0.15) is 35.7 Å². The Morgan fingerprint density at radius 3 is 2.61 bits per heavy atom. The third kappa shape index (κ3) is 2.40. The number of aromatic carboxylic acids is 1. The second kappa shape index (κ2) is 5.67. The number of aromatic nitrogens is 1. The fourth-order valence-electron chi connectivity index (χ4n) is 4.43. The minimum Gasteiger partial charge on any atom is -0.477 e. The van der Waals surface area contributed by atoms with Gasteiger partial charge < -0.3 is 20.3 Å². The van der Waals surface area contributed by atoms with Crippen LogP contribution >= 0.6 is 11.6 Å². The summed E-state index contributed by atoms with van der Waals surface area (Å²) in [7, 11) is 0. The van der Waals surface area contributed by atoms with Gasteiger partial charge in [0, 0.05) is 37.2 Å². The first-order valence-electron chi connectivity index (χ1n) is 9.18. The van der Waals surface area contributed by atoms with Crippen molar-refractivity contribution in [2.24, 2.45) is 11.1 Å². The van der Waals surface area contributed by atoms with Gasteiger partial charge >= 0.3 is 5.97 Å². The standard InChI is InChI=1S/C19H18ClF2N3O3/c20-14-15-8(17(26)9(18(27)28)5-25(15)12-4-10(12)21)3-11(22)16(14)24-6-13(23)19(7-24)1-2-19/h3,5,10,12-13H,1-2,4,6-7,23H2,(H,27,28)/t10-,12+,13+/m1/s1. The summed E-state index contributed by atoms with van der Waals surface area (Å²) in [5, 5.41) is 9.16. The molecular formula is C19H18ClF2N3O3. The molecule has 2 aliphatic carbocycles. The largest absolute Gasteiger partial charge is 0.477 e. The first-order chi connectivity index (χ1) is 13.2. The van der Waals surface area contributed by atoms with Crippen molar-refractivity contribution < 1.29 is 18.7 Å². The van der Waals surface area contributed by atoms with Crippen LogP contribution in [0, 0.1) is 11.2 Å². The lowest BCUT2D eigenvalue weighted by molar-refractivity contribution is 0.0694. The Balaban J connectivity index is 1.75. The Morgan fingerprint density at radius 2 is 2.07 bits per heavy atom. The van der Waals surface area contributed by atoms with Gasteiger partial charge in [-0.3, -0.25) is 4.79 Å². The quantitative estimate of drug-likeness (QED) is 0.813. The molecule has 1 aliphatic heterocycles. The first-order valence-corrected chi connectivity index (χ1v) is 9.56. The number of nitrogens with two attached hydrogens (primary N) is 1. The van der Waals surface area contributed by atoms with Gasteiger partial charge in [-0.1, -0.05) is 11.6 Å². The average Bonchev–Trinajstić information content (AvgIpc) is 3.51. The Morgan fingerprint density at radius 1 is 1.39 bits per heavy atom. The van der Waals surface area contributed by atoms with Gasteiger partial charge in [0.15, 0.2) is 0 Å². The molecule has 0 bridgehead atoms. The minimum absolute atomic E-state index is 0.00645. The zero-order chi connectivity index (χ0) is 20.0. The zero-order valence-electron chi connectivity index (χ0n) is 14.8. The van der Waals surface area contributed by atoms with Crippen LogP contribution in [0.15, 0.2) is 17.1 Å². The number of fused-ring (bicyclic) bond motifs is 1. The molecule has 9 heteroatoms. The molecule has 3 N–H and O–H groups in total. The molecule has 0 unspecified atom stereocenters. The van der Waals surface area contributed by atoms with Crippen molar-refractivity contribution in [1.29, 1.82) is 0 Å². The van der Waals surface area contributed by atoms with Crippen LogP contribution in [0.2, 0.25) is 5.02 Å². The van der Waals surface area contributed by atoms with Crippen LogP contribution in [0.5, 0.6) is 0 Å². The minimum atomic E-state index is -1.45. The van der Waals surface area contributed by atoms with Crippen molar-refractivity contribution in [1.82, 2.24) is 4.57 Å². The number of halogens is 3. The summed E-state index contributed by atoms with van der Waals surface area (Å²) >= 11 is 6.56. The highest BCUT2D eigenvalue weighted by atomic mass is 35.5. The van der Waals surface area contributed by atoms with E-state index >= 15 is 4.39 Å². The predicted octanol–water partition coefficient (Wildman–Crippen LogP) is 2.70. The molecule has 148 valence electrons. The molecule has 2 aromatic rings. The molecule has 0 radical (unpaired) electrons. The number of carboxylic acids is 1. The number of nitrogens with zero attached hydrogens (tertiary/aromatic N) is 2. The highest BCUT2D eigenvalue weighted by Crippen LogP contribution is 2.54. The maximum Gasteiger partial charge on any atom is 0.341 e. The van der Waals surface area contributed by atoms with E-state index in [1.165, 1.54) is 4.57 Å². The average molecular weight is 410 g/mol. The molecule has 1 spiro atoms. The number of hydrogen-bond donors (Lipinski definition) is 2. The Kier molecular flexibility index (Phi) is 3.62. The molecule has 6 nitrogen and oxygen atoms in total. The van der Waals surface area contributed by atoms with Crippen LogP contribution in [0.4, 0.5) is 14.5 Å². The van der Waals surface area contributed by atoms with E-state index in [4.69, 9.17) is 17.3 Å². The van der Waals surface area contributed by atoms with Crippen molar-refractivity contribution in [3.8, 4) is 0 Å². The summed E-state index contributed by atoms with van der Waals surface area (Å²) < 4.78 is 30.2. The van der Waals surface area contributed by atoms with E-state index in [-0.39, 0.29) is 39.5 Å². The predicted molar refractivity (Wildman–Crippen MR) is 101 cm³/mol. The number of rotatable bonds is 3. The second-order valence-corrected chi connectivity index (χ2v) is 8.55. The highest BCUT2D eigenvalue weighted by molar-refractivity contribution is 6.38. The summed E-state index contributed by atoms with van der Waals surface area (Å²) in [5.74, 6) is -2.15.